The number of nitrogens with one attached hydrogen (secondary N) is 2. The summed E-state index contributed by atoms with van der Waals surface area (Å²) < 4.78 is 39.6. The molecular weight excluding hydrogens is 273 g/mol. The number of hydrogen-bond acceptors (Lipinski definition) is 3. The quantitative estimate of drug-likeness (QED) is 0.806. The van der Waals surface area contributed by atoms with Gasteiger partial charge in [-0.15, -0.1) is 13.2 Å². The molecule has 0 spiro atoms. The monoisotopic (exact) mass is 290 g/mol. The fourth-order valence-corrected chi connectivity index (χ4v) is 1.53. The van der Waals surface area contributed by atoms with Crippen LogP contribution < -0.4 is 15.4 Å². The lowest BCUT2D eigenvalue weighted by Crippen LogP contribution is -2.28. The van der Waals surface area contributed by atoms with Gasteiger partial charge in [0.05, 0.1) is 0 Å². The maximum Gasteiger partial charge on any atom is 0.573 e. The molecule has 0 aliphatic carbocycles. The van der Waals surface area contributed by atoms with Gasteiger partial charge in [0.15, 0.2) is 0 Å². The van der Waals surface area contributed by atoms with E-state index in [1.165, 1.54) is 12.1 Å². The van der Waals surface area contributed by atoms with Gasteiger partial charge in [-0.3, -0.25) is 4.79 Å². The van der Waals surface area contributed by atoms with Crippen LogP contribution in [-0.4, -0.2) is 32.4 Å². The van der Waals surface area contributed by atoms with Crippen molar-refractivity contribution >= 4 is 5.91 Å². The Hall–Kier alpha value is -1.76. The molecule has 1 rings (SSSR count). The smallest absolute Gasteiger partial charge is 0.406 e. The van der Waals surface area contributed by atoms with Gasteiger partial charge in [-0.1, -0.05) is 12.1 Å². The maximum absolute atomic E-state index is 12.0. The van der Waals surface area contributed by atoms with Crippen molar-refractivity contribution in [2.75, 3.05) is 20.1 Å². The fourth-order valence-electron chi connectivity index (χ4n) is 1.53. The Kier molecular flexibility index (Phi) is 6.30. The molecule has 2 N–H and O–H groups in total. The second kappa shape index (κ2) is 7.74. The Morgan fingerprint density at radius 1 is 1.20 bits per heavy atom. The highest BCUT2D eigenvalue weighted by molar-refractivity contribution is 5.76. The van der Waals surface area contributed by atoms with Gasteiger partial charge in [-0.25, -0.2) is 0 Å². The topological polar surface area (TPSA) is 50.4 Å². The third-order valence-electron chi connectivity index (χ3n) is 2.49. The molecule has 1 aromatic rings. The number of carbonyl (C=O) groups is 1. The van der Waals surface area contributed by atoms with Crippen molar-refractivity contribution in [3.05, 3.63) is 29.8 Å². The van der Waals surface area contributed by atoms with Crippen molar-refractivity contribution in [1.29, 1.82) is 0 Å². The van der Waals surface area contributed by atoms with Gasteiger partial charge in [-0.05, 0) is 31.2 Å². The molecule has 20 heavy (non-hydrogen) atoms. The first-order chi connectivity index (χ1) is 9.40. The number of alkyl halides is 3. The summed E-state index contributed by atoms with van der Waals surface area (Å²) in [5, 5.41) is 5.59. The van der Waals surface area contributed by atoms with E-state index in [1.54, 1.807) is 19.2 Å². The lowest BCUT2D eigenvalue weighted by Gasteiger charge is -2.09. The van der Waals surface area contributed by atoms with Crippen molar-refractivity contribution in [3.63, 3.8) is 0 Å². The Morgan fingerprint density at radius 2 is 1.85 bits per heavy atom. The van der Waals surface area contributed by atoms with Gasteiger partial charge in [0.2, 0.25) is 5.91 Å². The zero-order valence-corrected chi connectivity index (χ0v) is 11.1. The first-order valence-corrected chi connectivity index (χ1v) is 6.16. The van der Waals surface area contributed by atoms with E-state index in [9.17, 15) is 18.0 Å². The van der Waals surface area contributed by atoms with Gasteiger partial charge < -0.3 is 15.4 Å². The minimum atomic E-state index is -4.68. The number of halogens is 3. The van der Waals surface area contributed by atoms with Crippen LogP contribution in [0.25, 0.3) is 0 Å². The summed E-state index contributed by atoms with van der Waals surface area (Å²) in [4.78, 5) is 11.3. The zero-order chi connectivity index (χ0) is 15.0. The summed E-state index contributed by atoms with van der Waals surface area (Å²) >= 11 is 0. The highest BCUT2D eigenvalue weighted by Crippen LogP contribution is 2.22. The van der Waals surface area contributed by atoms with E-state index in [0.29, 0.717) is 25.9 Å². The molecule has 7 heteroatoms. The van der Waals surface area contributed by atoms with Crippen LogP contribution in [0.15, 0.2) is 24.3 Å². The van der Waals surface area contributed by atoms with Crippen LogP contribution in [-0.2, 0) is 11.2 Å². The minimum absolute atomic E-state index is 0.0589. The van der Waals surface area contributed by atoms with Crippen LogP contribution in [0.4, 0.5) is 13.2 Å². The first kappa shape index (κ1) is 16.3. The Labute approximate surface area is 115 Å². The Balaban J connectivity index is 2.33. The predicted octanol–water partition coefficient (Wildman–Crippen LogP) is 1.85. The SMILES string of the molecule is CNCCC(=O)NCCc1ccc(OC(F)(F)F)cc1. The number of carbonyl (C=O) groups excluding carboxylic acids is 1. The molecule has 0 aliphatic rings. The maximum atomic E-state index is 12.0. The molecular formula is C13H17F3N2O2. The third-order valence-corrected chi connectivity index (χ3v) is 2.49. The highest BCUT2D eigenvalue weighted by Gasteiger charge is 2.30. The number of benzene rings is 1. The van der Waals surface area contributed by atoms with E-state index in [2.05, 4.69) is 15.4 Å². The van der Waals surface area contributed by atoms with E-state index in [-0.39, 0.29) is 11.7 Å². The lowest BCUT2D eigenvalue weighted by atomic mass is 10.1. The zero-order valence-electron chi connectivity index (χ0n) is 11.1. The van der Waals surface area contributed by atoms with Crippen molar-refractivity contribution in [1.82, 2.24) is 10.6 Å². The first-order valence-electron chi connectivity index (χ1n) is 6.16. The molecule has 0 atom stereocenters. The molecule has 0 aliphatic heterocycles. The van der Waals surface area contributed by atoms with Crippen molar-refractivity contribution in [3.8, 4) is 5.75 Å². The molecule has 1 amide bonds. The highest BCUT2D eigenvalue weighted by atomic mass is 19.4. The third kappa shape index (κ3) is 6.98. The van der Waals surface area contributed by atoms with Crippen LogP contribution >= 0.6 is 0 Å². The van der Waals surface area contributed by atoms with E-state index in [4.69, 9.17) is 0 Å². The predicted molar refractivity (Wildman–Crippen MR) is 68.4 cm³/mol. The second-order valence-corrected chi connectivity index (χ2v) is 4.15. The number of hydrogen-bond donors (Lipinski definition) is 2. The molecule has 0 aromatic heterocycles. The van der Waals surface area contributed by atoms with Gasteiger partial charge in [0, 0.05) is 19.5 Å². The average molecular weight is 290 g/mol. The number of rotatable bonds is 7. The van der Waals surface area contributed by atoms with Gasteiger partial charge in [0.1, 0.15) is 5.75 Å². The van der Waals surface area contributed by atoms with Crippen LogP contribution in [0.1, 0.15) is 12.0 Å². The molecule has 0 fully saturated rings. The molecule has 0 unspecified atom stereocenters. The van der Waals surface area contributed by atoms with Crippen LogP contribution in [0.2, 0.25) is 0 Å². The minimum Gasteiger partial charge on any atom is -0.406 e. The molecule has 1 aromatic carbocycles. The summed E-state index contributed by atoms with van der Waals surface area (Å²) in [6.07, 6.45) is -3.73. The molecule has 112 valence electrons. The van der Waals surface area contributed by atoms with E-state index in [0.717, 1.165) is 5.56 Å². The molecule has 0 bridgehead atoms. The molecule has 0 saturated heterocycles. The summed E-state index contributed by atoms with van der Waals surface area (Å²) in [6.45, 7) is 1.05. The summed E-state index contributed by atoms with van der Waals surface area (Å²) in [7, 11) is 1.76. The van der Waals surface area contributed by atoms with Gasteiger partial charge >= 0.3 is 6.36 Å². The Bertz CT molecular complexity index is 419. The second-order valence-electron chi connectivity index (χ2n) is 4.15. The Morgan fingerprint density at radius 3 is 2.40 bits per heavy atom. The van der Waals surface area contributed by atoms with Crippen molar-refractivity contribution in [2.24, 2.45) is 0 Å². The molecule has 0 heterocycles. The van der Waals surface area contributed by atoms with Crippen LogP contribution in [0, 0.1) is 0 Å². The largest absolute Gasteiger partial charge is 0.573 e. The van der Waals surface area contributed by atoms with Gasteiger partial charge in [0.25, 0.3) is 0 Å². The van der Waals surface area contributed by atoms with Crippen LogP contribution in [0.5, 0.6) is 5.75 Å². The van der Waals surface area contributed by atoms with E-state index < -0.39 is 6.36 Å². The standard InChI is InChI=1S/C13H17F3N2O2/c1-17-8-7-12(19)18-9-6-10-2-4-11(5-3-10)20-13(14,15)16/h2-5,17H,6-9H2,1H3,(H,18,19). The van der Waals surface area contributed by atoms with Crippen molar-refractivity contribution < 1.29 is 22.7 Å². The summed E-state index contributed by atoms with van der Waals surface area (Å²) in [5.41, 5.74) is 0.827. The lowest BCUT2D eigenvalue weighted by molar-refractivity contribution is -0.274. The van der Waals surface area contributed by atoms with E-state index >= 15 is 0 Å². The fraction of sp³-hybridized carbons (Fsp3) is 0.462. The van der Waals surface area contributed by atoms with E-state index in [1.807, 2.05) is 0 Å². The molecule has 0 radical (unpaired) electrons. The number of amides is 1. The summed E-state index contributed by atoms with van der Waals surface area (Å²) in [6, 6.07) is 5.60. The molecule has 0 saturated carbocycles. The normalized spacial score (nSPS) is 11.2. The van der Waals surface area contributed by atoms with Crippen LogP contribution in [0.3, 0.4) is 0 Å². The summed E-state index contributed by atoms with van der Waals surface area (Å²) in [5.74, 6) is -0.310. The number of ether oxygens (including phenoxy) is 1. The van der Waals surface area contributed by atoms with Gasteiger partial charge in [-0.2, -0.15) is 0 Å². The average Bonchev–Trinajstić information content (AvgIpc) is 2.37. The van der Waals surface area contributed by atoms with Crippen molar-refractivity contribution in [2.45, 2.75) is 19.2 Å². The molecule has 4 nitrogen and oxygen atoms in total.